The molecule has 1 aliphatic rings. The number of nitrogens with zero attached hydrogens (tertiary/aromatic N) is 6. The standard InChI is InChI=1S/C23H25FN6O4S/c1-13(2)20-27-22(34-29-20)14-4-6-16(7-5-14)33-23-25-11-15-12-26-30(21(15)28-23)19-9-8-17(10-18(19)24)35(3,31)32/h8-14,16H,4-7H2,1-3H3. The maximum Gasteiger partial charge on any atom is 0.318 e. The normalized spacial score (nSPS) is 18.9. The van der Waals surface area contributed by atoms with Gasteiger partial charge in [-0.1, -0.05) is 19.0 Å². The van der Waals surface area contributed by atoms with Crippen molar-refractivity contribution in [3.8, 4) is 11.7 Å². The van der Waals surface area contributed by atoms with Crippen LogP contribution in [0.25, 0.3) is 16.7 Å². The zero-order chi connectivity index (χ0) is 24.7. The van der Waals surface area contributed by atoms with Gasteiger partial charge in [0.1, 0.15) is 17.6 Å². The Morgan fingerprint density at radius 1 is 1.14 bits per heavy atom. The molecule has 1 aromatic carbocycles. The second-order valence-corrected chi connectivity index (χ2v) is 11.1. The van der Waals surface area contributed by atoms with Crippen LogP contribution in [-0.4, -0.2) is 50.7 Å². The van der Waals surface area contributed by atoms with Crippen LogP contribution in [-0.2, 0) is 9.84 Å². The number of benzene rings is 1. The first kappa shape index (κ1) is 23.3. The molecule has 35 heavy (non-hydrogen) atoms. The third kappa shape index (κ3) is 4.75. The minimum Gasteiger partial charge on any atom is -0.460 e. The van der Waals surface area contributed by atoms with Crippen LogP contribution in [0.5, 0.6) is 6.01 Å². The van der Waals surface area contributed by atoms with E-state index in [9.17, 15) is 12.8 Å². The molecule has 1 aliphatic carbocycles. The van der Waals surface area contributed by atoms with Crippen LogP contribution >= 0.6 is 0 Å². The summed E-state index contributed by atoms with van der Waals surface area (Å²) in [6.45, 7) is 4.06. The van der Waals surface area contributed by atoms with E-state index >= 15 is 0 Å². The average molecular weight is 501 g/mol. The largest absolute Gasteiger partial charge is 0.460 e. The minimum atomic E-state index is -3.53. The number of hydrogen-bond acceptors (Lipinski definition) is 9. The molecular weight excluding hydrogens is 475 g/mol. The van der Waals surface area contributed by atoms with Crippen LogP contribution in [0.15, 0.2) is 40.0 Å². The Bertz CT molecular complexity index is 1470. The van der Waals surface area contributed by atoms with Crippen LogP contribution in [0.1, 0.15) is 63.1 Å². The van der Waals surface area contributed by atoms with E-state index in [1.807, 2.05) is 13.8 Å². The van der Waals surface area contributed by atoms with E-state index < -0.39 is 15.7 Å². The van der Waals surface area contributed by atoms with Gasteiger partial charge in [-0.3, -0.25) is 0 Å². The molecule has 1 saturated carbocycles. The van der Waals surface area contributed by atoms with Crippen molar-refractivity contribution < 1.29 is 22.1 Å². The van der Waals surface area contributed by atoms with E-state index in [1.165, 1.54) is 23.0 Å². The van der Waals surface area contributed by atoms with E-state index in [4.69, 9.17) is 9.26 Å². The van der Waals surface area contributed by atoms with Gasteiger partial charge < -0.3 is 9.26 Å². The van der Waals surface area contributed by atoms with Crippen molar-refractivity contribution in [3.05, 3.63) is 48.1 Å². The summed E-state index contributed by atoms with van der Waals surface area (Å²) < 4.78 is 51.0. The van der Waals surface area contributed by atoms with E-state index in [0.717, 1.165) is 43.8 Å². The zero-order valence-corrected chi connectivity index (χ0v) is 20.4. The van der Waals surface area contributed by atoms with E-state index in [0.29, 0.717) is 16.9 Å². The molecule has 1 fully saturated rings. The van der Waals surface area contributed by atoms with Crippen molar-refractivity contribution in [2.45, 2.75) is 62.4 Å². The van der Waals surface area contributed by atoms with Crippen LogP contribution < -0.4 is 4.74 Å². The lowest BCUT2D eigenvalue weighted by atomic mass is 9.87. The summed E-state index contributed by atoms with van der Waals surface area (Å²) in [5.41, 5.74) is 0.444. The van der Waals surface area contributed by atoms with E-state index in [-0.39, 0.29) is 34.5 Å². The van der Waals surface area contributed by atoms with Gasteiger partial charge in [0, 0.05) is 24.3 Å². The zero-order valence-electron chi connectivity index (χ0n) is 19.5. The molecular formula is C23H25FN6O4S. The summed E-state index contributed by atoms with van der Waals surface area (Å²) in [5.74, 6) is 1.10. The highest BCUT2D eigenvalue weighted by Gasteiger charge is 2.28. The number of fused-ring (bicyclic) bond motifs is 1. The SMILES string of the molecule is CC(C)c1noc(C2CCC(Oc3ncc4cnn(-c5ccc(S(C)(=O)=O)cc5F)c4n3)CC2)n1. The minimum absolute atomic E-state index is 0.0710. The van der Waals surface area contributed by atoms with E-state index in [2.05, 4.69) is 25.2 Å². The first-order valence-electron chi connectivity index (χ1n) is 11.4. The summed E-state index contributed by atoms with van der Waals surface area (Å²) in [4.78, 5) is 13.1. The van der Waals surface area contributed by atoms with Gasteiger partial charge in [-0.05, 0) is 43.9 Å². The number of rotatable bonds is 6. The highest BCUT2D eigenvalue weighted by atomic mass is 32.2. The number of halogens is 1. The summed E-state index contributed by atoms with van der Waals surface area (Å²) in [7, 11) is -3.53. The summed E-state index contributed by atoms with van der Waals surface area (Å²) in [5, 5.41) is 8.87. The first-order chi connectivity index (χ1) is 16.7. The molecule has 3 aromatic heterocycles. The van der Waals surface area contributed by atoms with Crippen molar-refractivity contribution in [2.75, 3.05) is 6.26 Å². The third-order valence-corrected chi connectivity index (χ3v) is 7.24. The molecule has 0 N–H and O–H groups in total. The molecule has 3 heterocycles. The molecule has 0 unspecified atom stereocenters. The van der Waals surface area contributed by atoms with Crippen molar-refractivity contribution >= 4 is 20.9 Å². The summed E-state index contributed by atoms with van der Waals surface area (Å²) in [6.07, 6.45) is 7.31. The maximum absolute atomic E-state index is 14.7. The Kier molecular flexibility index (Phi) is 5.99. The van der Waals surface area contributed by atoms with Gasteiger partial charge in [0.25, 0.3) is 0 Å². The molecule has 12 heteroatoms. The lowest BCUT2D eigenvalue weighted by molar-refractivity contribution is 0.128. The smallest absolute Gasteiger partial charge is 0.318 e. The molecule has 5 rings (SSSR count). The third-order valence-electron chi connectivity index (χ3n) is 6.13. The van der Waals surface area contributed by atoms with E-state index in [1.54, 1.807) is 6.20 Å². The second kappa shape index (κ2) is 8.99. The number of aromatic nitrogens is 6. The van der Waals surface area contributed by atoms with Gasteiger partial charge in [-0.15, -0.1) is 0 Å². The van der Waals surface area contributed by atoms with Gasteiger partial charge in [-0.2, -0.15) is 15.1 Å². The average Bonchev–Trinajstić information content (AvgIpc) is 3.47. The quantitative estimate of drug-likeness (QED) is 0.386. The molecule has 0 bridgehead atoms. The summed E-state index contributed by atoms with van der Waals surface area (Å²) >= 11 is 0. The highest BCUT2D eigenvalue weighted by molar-refractivity contribution is 7.90. The monoisotopic (exact) mass is 500 g/mol. The molecule has 10 nitrogen and oxygen atoms in total. The van der Waals surface area contributed by atoms with Crippen LogP contribution in [0.2, 0.25) is 0 Å². The topological polar surface area (TPSA) is 126 Å². The Morgan fingerprint density at radius 2 is 1.91 bits per heavy atom. The molecule has 0 saturated heterocycles. The molecule has 0 aliphatic heterocycles. The fraction of sp³-hybridized carbons (Fsp3) is 0.435. The molecule has 0 atom stereocenters. The lowest BCUT2D eigenvalue weighted by Gasteiger charge is -2.26. The van der Waals surface area contributed by atoms with Crippen LogP contribution in [0.4, 0.5) is 4.39 Å². The Morgan fingerprint density at radius 3 is 2.57 bits per heavy atom. The predicted octanol–water partition coefficient (Wildman–Crippen LogP) is 3.97. The fourth-order valence-corrected chi connectivity index (χ4v) is 4.78. The Balaban J connectivity index is 1.31. The highest BCUT2D eigenvalue weighted by Crippen LogP contribution is 2.34. The van der Waals surface area contributed by atoms with Gasteiger partial charge in [0.15, 0.2) is 21.3 Å². The summed E-state index contributed by atoms with van der Waals surface area (Å²) in [6, 6.07) is 3.86. The number of hydrogen-bond donors (Lipinski definition) is 0. The maximum atomic E-state index is 14.7. The number of ether oxygens (including phenoxy) is 1. The van der Waals surface area contributed by atoms with Gasteiger partial charge in [-0.25, -0.2) is 22.5 Å². The van der Waals surface area contributed by atoms with Gasteiger partial charge in [0.05, 0.1) is 16.5 Å². The van der Waals surface area contributed by atoms with Crippen LogP contribution in [0, 0.1) is 5.82 Å². The number of sulfone groups is 1. The molecule has 0 amide bonds. The van der Waals surface area contributed by atoms with Crippen LogP contribution in [0.3, 0.4) is 0 Å². The first-order valence-corrected chi connectivity index (χ1v) is 13.3. The fourth-order valence-electron chi connectivity index (χ4n) is 4.15. The van der Waals surface area contributed by atoms with Crippen molar-refractivity contribution in [3.63, 3.8) is 0 Å². The van der Waals surface area contributed by atoms with Gasteiger partial charge >= 0.3 is 6.01 Å². The second-order valence-electron chi connectivity index (χ2n) is 9.11. The Hall–Kier alpha value is -3.41. The van der Waals surface area contributed by atoms with Crippen molar-refractivity contribution in [2.24, 2.45) is 0 Å². The molecule has 0 radical (unpaired) electrons. The molecule has 184 valence electrons. The lowest BCUT2D eigenvalue weighted by Crippen LogP contribution is -2.24. The van der Waals surface area contributed by atoms with Crippen molar-refractivity contribution in [1.29, 1.82) is 0 Å². The van der Waals surface area contributed by atoms with Crippen molar-refractivity contribution in [1.82, 2.24) is 29.9 Å². The predicted molar refractivity (Wildman–Crippen MR) is 124 cm³/mol. The molecule has 0 spiro atoms. The molecule has 4 aromatic rings. The Labute approximate surface area is 201 Å². The van der Waals surface area contributed by atoms with Gasteiger partial charge in [0.2, 0.25) is 5.89 Å².